The smallest absolute Gasteiger partial charge is 0.138 e. The molecule has 90 valence electrons. The molecule has 0 radical (unpaired) electrons. The number of fused-ring (bicyclic) bond motifs is 1. The zero-order chi connectivity index (χ0) is 11.5. The van der Waals surface area contributed by atoms with Gasteiger partial charge in [0.15, 0.2) is 0 Å². The molecule has 2 N–H and O–H groups in total. The summed E-state index contributed by atoms with van der Waals surface area (Å²) in [6, 6.07) is 6.85. The van der Waals surface area contributed by atoms with E-state index in [9.17, 15) is 0 Å². The first kappa shape index (κ1) is 10.6. The minimum atomic E-state index is 0.699. The second kappa shape index (κ2) is 4.75. The summed E-state index contributed by atoms with van der Waals surface area (Å²) in [5, 5.41) is 7.00. The Bertz CT molecular complexity index is 485. The maximum atomic E-state index is 4.28. The highest BCUT2D eigenvalue weighted by molar-refractivity contribution is 5.49. The summed E-state index contributed by atoms with van der Waals surface area (Å²) >= 11 is 0. The van der Waals surface area contributed by atoms with Crippen LogP contribution in [0.25, 0.3) is 5.65 Å². The zero-order valence-corrected chi connectivity index (χ0v) is 9.89. The summed E-state index contributed by atoms with van der Waals surface area (Å²) < 4.78 is 2.09. The number of hydrogen-bond donors (Lipinski definition) is 2. The predicted octanol–water partition coefficient (Wildman–Crippen LogP) is 1.89. The predicted molar refractivity (Wildman–Crippen MR) is 69.3 cm³/mol. The lowest BCUT2D eigenvalue weighted by atomic mass is 10.1. The summed E-state index contributed by atoms with van der Waals surface area (Å²) in [4.78, 5) is 4.28. The van der Waals surface area contributed by atoms with Gasteiger partial charge in [-0.3, -0.25) is 4.40 Å². The van der Waals surface area contributed by atoms with E-state index in [1.54, 1.807) is 0 Å². The third-order valence-corrected chi connectivity index (χ3v) is 3.39. The van der Waals surface area contributed by atoms with Gasteiger partial charge in [-0.25, -0.2) is 4.98 Å². The van der Waals surface area contributed by atoms with Crippen LogP contribution in [0, 0.1) is 0 Å². The van der Waals surface area contributed by atoms with Crippen molar-refractivity contribution in [2.45, 2.75) is 25.3 Å². The summed E-state index contributed by atoms with van der Waals surface area (Å²) in [7, 11) is 0. The van der Waals surface area contributed by atoms with Gasteiger partial charge in [-0.1, -0.05) is 6.07 Å². The monoisotopic (exact) mass is 230 g/mol. The molecule has 0 saturated carbocycles. The van der Waals surface area contributed by atoms with E-state index in [1.807, 2.05) is 24.5 Å². The van der Waals surface area contributed by atoms with Crippen LogP contribution in [0.2, 0.25) is 0 Å². The van der Waals surface area contributed by atoms with Crippen molar-refractivity contribution >= 4 is 11.5 Å². The van der Waals surface area contributed by atoms with E-state index in [0.29, 0.717) is 6.04 Å². The van der Waals surface area contributed by atoms with Crippen molar-refractivity contribution in [3.8, 4) is 0 Å². The first-order valence-corrected chi connectivity index (χ1v) is 6.33. The van der Waals surface area contributed by atoms with E-state index in [4.69, 9.17) is 0 Å². The molecule has 17 heavy (non-hydrogen) atoms. The summed E-state index contributed by atoms with van der Waals surface area (Å²) in [6.45, 7) is 2.19. The highest BCUT2D eigenvalue weighted by atomic mass is 15.1. The van der Waals surface area contributed by atoms with E-state index >= 15 is 0 Å². The third kappa shape index (κ3) is 2.26. The molecular weight excluding hydrogens is 212 g/mol. The van der Waals surface area contributed by atoms with Crippen LogP contribution in [0.4, 0.5) is 5.82 Å². The summed E-state index contributed by atoms with van der Waals surface area (Å²) in [5.74, 6) is 1.12. The van der Waals surface area contributed by atoms with Crippen molar-refractivity contribution in [3.63, 3.8) is 0 Å². The van der Waals surface area contributed by atoms with Gasteiger partial charge in [-0.2, -0.15) is 0 Å². The van der Waals surface area contributed by atoms with E-state index in [-0.39, 0.29) is 0 Å². The Kier molecular flexibility index (Phi) is 2.96. The fourth-order valence-electron chi connectivity index (χ4n) is 2.47. The normalized spacial score (nSPS) is 19.9. The van der Waals surface area contributed by atoms with Gasteiger partial charge < -0.3 is 10.6 Å². The molecule has 3 heterocycles. The maximum absolute atomic E-state index is 4.28. The van der Waals surface area contributed by atoms with Gasteiger partial charge in [0.25, 0.3) is 0 Å². The average Bonchev–Trinajstić information content (AvgIpc) is 2.99. The van der Waals surface area contributed by atoms with Gasteiger partial charge in [0.1, 0.15) is 11.5 Å². The molecular formula is C13H18N4. The molecule has 0 aliphatic carbocycles. The fourth-order valence-corrected chi connectivity index (χ4v) is 2.47. The first-order valence-electron chi connectivity index (χ1n) is 6.33. The zero-order valence-electron chi connectivity index (χ0n) is 9.89. The largest absolute Gasteiger partial charge is 0.371 e. The van der Waals surface area contributed by atoms with E-state index in [2.05, 4.69) is 26.1 Å². The lowest BCUT2D eigenvalue weighted by Gasteiger charge is -2.12. The fraction of sp³-hybridized carbons (Fsp3) is 0.462. The van der Waals surface area contributed by atoms with E-state index < -0.39 is 0 Å². The Balaban J connectivity index is 1.62. The van der Waals surface area contributed by atoms with Crippen LogP contribution in [0.3, 0.4) is 0 Å². The first-order chi connectivity index (χ1) is 8.43. The number of pyridine rings is 1. The van der Waals surface area contributed by atoms with Gasteiger partial charge in [-0.05, 0) is 37.9 Å². The molecule has 2 aromatic heterocycles. The van der Waals surface area contributed by atoms with Gasteiger partial charge in [0, 0.05) is 25.0 Å². The van der Waals surface area contributed by atoms with Gasteiger partial charge >= 0.3 is 0 Å². The molecule has 3 rings (SSSR count). The SMILES string of the molecule is c1cc(NCC[C@H]2CCCN2)n2ccnc2c1. The second-order valence-electron chi connectivity index (χ2n) is 4.58. The van der Waals surface area contributed by atoms with Gasteiger partial charge in [-0.15, -0.1) is 0 Å². The van der Waals surface area contributed by atoms with E-state index in [1.165, 1.54) is 25.8 Å². The average molecular weight is 230 g/mol. The number of rotatable bonds is 4. The second-order valence-corrected chi connectivity index (χ2v) is 4.58. The minimum absolute atomic E-state index is 0.699. The van der Waals surface area contributed by atoms with Gasteiger partial charge in [0.2, 0.25) is 0 Å². The van der Waals surface area contributed by atoms with Crippen molar-refractivity contribution < 1.29 is 0 Å². The Morgan fingerprint density at radius 3 is 3.35 bits per heavy atom. The molecule has 0 bridgehead atoms. The number of nitrogens with zero attached hydrogens (tertiary/aromatic N) is 2. The van der Waals surface area contributed by atoms with Crippen molar-refractivity contribution in [2.24, 2.45) is 0 Å². The van der Waals surface area contributed by atoms with Crippen LogP contribution >= 0.6 is 0 Å². The highest BCUT2D eigenvalue weighted by Gasteiger charge is 2.12. The van der Waals surface area contributed by atoms with Crippen LogP contribution in [0.5, 0.6) is 0 Å². The molecule has 4 heteroatoms. The van der Waals surface area contributed by atoms with Crippen molar-refractivity contribution in [3.05, 3.63) is 30.6 Å². The molecule has 1 aliphatic heterocycles. The highest BCUT2D eigenvalue weighted by Crippen LogP contribution is 2.12. The minimum Gasteiger partial charge on any atom is -0.371 e. The Morgan fingerprint density at radius 2 is 2.47 bits per heavy atom. The Hall–Kier alpha value is -1.55. The molecule has 1 fully saturated rings. The van der Waals surface area contributed by atoms with E-state index in [0.717, 1.165) is 18.0 Å². The van der Waals surface area contributed by atoms with Crippen molar-refractivity contribution in [1.29, 1.82) is 0 Å². The van der Waals surface area contributed by atoms with Crippen LogP contribution in [0.1, 0.15) is 19.3 Å². The lowest BCUT2D eigenvalue weighted by molar-refractivity contribution is 0.574. The standard InChI is InChI=1S/C13H18N4/c1-4-12(17-10-9-16-13(17)5-1)15-8-6-11-3-2-7-14-11/h1,4-5,9-11,14-15H,2-3,6-8H2/t11-/m1/s1. The lowest BCUT2D eigenvalue weighted by Crippen LogP contribution is -2.24. The quantitative estimate of drug-likeness (QED) is 0.842. The number of imidazole rings is 1. The Labute approximate surface area is 101 Å². The molecule has 4 nitrogen and oxygen atoms in total. The number of hydrogen-bond acceptors (Lipinski definition) is 3. The number of nitrogens with one attached hydrogen (secondary N) is 2. The molecule has 0 spiro atoms. The van der Waals surface area contributed by atoms with Gasteiger partial charge in [0.05, 0.1) is 0 Å². The van der Waals surface area contributed by atoms with Crippen LogP contribution < -0.4 is 10.6 Å². The summed E-state index contributed by atoms with van der Waals surface area (Å²) in [5.41, 5.74) is 0.994. The molecule has 2 aromatic rings. The number of aromatic nitrogens is 2. The molecule has 1 aliphatic rings. The molecule has 0 amide bonds. The van der Waals surface area contributed by atoms with Crippen LogP contribution in [-0.4, -0.2) is 28.5 Å². The maximum Gasteiger partial charge on any atom is 0.138 e. The van der Waals surface area contributed by atoms with Crippen molar-refractivity contribution in [1.82, 2.24) is 14.7 Å². The molecule has 1 saturated heterocycles. The number of anilines is 1. The third-order valence-electron chi connectivity index (χ3n) is 3.39. The van der Waals surface area contributed by atoms with Crippen LogP contribution in [0.15, 0.2) is 30.6 Å². The molecule has 1 atom stereocenters. The van der Waals surface area contributed by atoms with Crippen molar-refractivity contribution in [2.75, 3.05) is 18.4 Å². The summed E-state index contributed by atoms with van der Waals surface area (Å²) in [6.07, 6.45) is 7.65. The molecule has 0 unspecified atom stereocenters. The molecule has 0 aromatic carbocycles. The van der Waals surface area contributed by atoms with Crippen LogP contribution in [-0.2, 0) is 0 Å². The Morgan fingerprint density at radius 1 is 1.47 bits per heavy atom. The topological polar surface area (TPSA) is 41.4 Å².